The van der Waals surface area contributed by atoms with Gasteiger partial charge in [-0.2, -0.15) is 13.2 Å². The molecule has 0 unspecified atom stereocenters. The Kier molecular flexibility index (Phi) is 3.17. The van der Waals surface area contributed by atoms with Crippen LogP contribution in [0.25, 0.3) is 0 Å². The van der Waals surface area contributed by atoms with Gasteiger partial charge in [-0.15, -0.1) is 0 Å². The van der Waals surface area contributed by atoms with E-state index >= 15 is 0 Å². The maximum atomic E-state index is 13.1. The van der Waals surface area contributed by atoms with Crippen molar-refractivity contribution in [1.29, 1.82) is 0 Å². The van der Waals surface area contributed by atoms with E-state index in [0.29, 0.717) is 0 Å². The molecule has 0 aliphatic rings. The standard InChI is InChI=1S/C9H3BrF4/c10-7-3-1-2-6(8(7)11)4-5-9(12,13)14/h1-3H. The molecule has 0 bridgehead atoms. The van der Waals surface area contributed by atoms with Crippen molar-refractivity contribution in [3.63, 3.8) is 0 Å². The summed E-state index contributed by atoms with van der Waals surface area (Å²) in [7, 11) is 0. The highest BCUT2D eigenvalue weighted by atomic mass is 79.9. The van der Waals surface area contributed by atoms with E-state index < -0.39 is 12.0 Å². The first kappa shape index (κ1) is 11.1. The van der Waals surface area contributed by atoms with Gasteiger partial charge in [-0.3, -0.25) is 0 Å². The van der Waals surface area contributed by atoms with Gasteiger partial charge >= 0.3 is 6.18 Å². The first-order chi connectivity index (χ1) is 6.40. The highest BCUT2D eigenvalue weighted by Crippen LogP contribution is 2.18. The Morgan fingerprint density at radius 3 is 2.43 bits per heavy atom. The number of benzene rings is 1. The largest absolute Gasteiger partial charge is 0.458 e. The average molecular weight is 267 g/mol. The van der Waals surface area contributed by atoms with Gasteiger partial charge in [0, 0.05) is 5.92 Å². The van der Waals surface area contributed by atoms with Crippen LogP contribution in [0.1, 0.15) is 5.56 Å². The summed E-state index contributed by atoms with van der Waals surface area (Å²) in [6, 6.07) is 3.97. The third-order valence-corrected chi connectivity index (χ3v) is 1.90. The summed E-state index contributed by atoms with van der Waals surface area (Å²) in [5.41, 5.74) is -0.281. The molecule has 1 aromatic carbocycles. The zero-order chi connectivity index (χ0) is 10.8. The van der Waals surface area contributed by atoms with Gasteiger partial charge < -0.3 is 0 Å². The van der Waals surface area contributed by atoms with Crippen LogP contribution in [0.15, 0.2) is 22.7 Å². The second kappa shape index (κ2) is 4.01. The fourth-order valence-electron chi connectivity index (χ4n) is 0.739. The molecule has 0 radical (unpaired) electrons. The van der Waals surface area contributed by atoms with Crippen LogP contribution in [-0.2, 0) is 0 Å². The Morgan fingerprint density at radius 1 is 1.21 bits per heavy atom. The normalized spacial score (nSPS) is 10.6. The first-order valence-electron chi connectivity index (χ1n) is 3.44. The van der Waals surface area contributed by atoms with E-state index in [-0.39, 0.29) is 10.0 Å². The summed E-state index contributed by atoms with van der Waals surface area (Å²) in [4.78, 5) is 0. The van der Waals surface area contributed by atoms with Crippen LogP contribution in [0.3, 0.4) is 0 Å². The minimum absolute atomic E-state index is 0.0893. The predicted octanol–water partition coefficient (Wildman–Crippen LogP) is 3.50. The second-order valence-electron chi connectivity index (χ2n) is 2.35. The van der Waals surface area contributed by atoms with Gasteiger partial charge in [0.2, 0.25) is 0 Å². The summed E-state index contributed by atoms with van der Waals surface area (Å²) >= 11 is 2.84. The number of rotatable bonds is 0. The average Bonchev–Trinajstić information content (AvgIpc) is 2.06. The topological polar surface area (TPSA) is 0 Å². The molecule has 0 aliphatic heterocycles. The third kappa shape index (κ3) is 3.04. The van der Waals surface area contributed by atoms with E-state index in [1.807, 2.05) is 0 Å². The minimum Gasteiger partial charge on any atom is -0.204 e. The zero-order valence-electron chi connectivity index (χ0n) is 6.62. The molecular formula is C9H3BrF4. The Morgan fingerprint density at radius 2 is 1.86 bits per heavy atom. The number of alkyl halides is 3. The SMILES string of the molecule is Fc1c(Br)cccc1C#CC(F)(F)F. The van der Waals surface area contributed by atoms with Crippen LogP contribution in [0.2, 0.25) is 0 Å². The summed E-state index contributed by atoms with van der Waals surface area (Å²) in [5, 5.41) is 0. The van der Waals surface area contributed by atoms with Gasteiger partial charge in [0.25, 0.3) is 0 Å². The zero-order valence-corrected chi connectivity index (χ0v) is 8.21. The molecule has 0 heterocycles. The quantitative estimate of drug-likeness (QED) is 0.498. The van der Waals surface area contributed by atoms with Crippen LogP contribution in [0.4, 0.5) is 17.6 Å². The molecule has 0 aliphatic carbocycles. The molecule has 0 fully saturated rings. The molecule has 0 amide bonds. The van der Waals surface area contributed by atoms with E-state index in [0.717, 1.165) is 5.92 Å². The maximum Gasteiger partial charge on any atom is 0.458 e. The molecule has 0 nitrogen and oxygen atoms in total. The summed E-state index contributed by atoms with van der Waals surface area (Å²) < 4.78 is 48.1. The molecule has 14 heavy (non-hydrogen) atoms. The summed E-state index contributed by atoms with van der Waals surface area (Å²) in [6.07, 6.45) is -4.60. The van der Waals surface area contributed by atoms with Crippen molar-refractivity contribution in [2.45, 2.75) is 6.18 Å². The second-order valence-corrected chi connectivity index (χ2v) is 3.20. The van der Waals surface area contributed by atoms with Gasteiger partial charge in [-0.1, -0.05) is 12.0 Å². The third-order valence-electron chi connectivity index (χ3n) is 1.29. The molecule has 0 N–H and O–H groups in total. The van der Waals surface area contributed by atoms with Crippen molar-refractivity contribution in [2.24, 2.45) is 0 Å². The van der Waals surface area contributed by atoms with E-state index in [4.69, 9.17) is 0 Å². The molecule has 1 aromatic rings. The van der Waals surface area contributed by atoms with E-state index in [1.54, 1.807) is 5.92 Å². The fourth-order valence-corrected chi connectivity index (χ4v) is 1.10. The lowest BCUT2D eigenvalue weighted by molar-refractivity contribution is -0.0696. The number of hydrogen-bond donors (Lipinski definition) is 0. The van der Waals surface area contributed by atoms with Crippen LogP contribution in [0, 0.1) is 17.7 Å². The smallest absolute Gasteiger partial charge is 0.204 e. The molecule has 0 atom stereocenters. The lowest BCUT2D eigenvalue weighted by atomic mass is 10.2. The van der Waals surface area contributed by atoms with Crippen molar-refractivity contribution in [2.75, 3.05) is 0 Å². The molecule has 5 heteroatoms. The lowest BCUT2D eigenvalue weighted by Crippen LogP contribution is -2.01. The highest BCUT2D eigenvalue weighted by Gasteiger charge is 2.23. The highest BCUT2D eigenvalue weighted by molar-refractivity contribution is 9.10. The van der Waals surface area contributed by atoms with Crippen LogP contribution < -0.4 is 0 Å². The Balaban J connectivity index is 3.08. The van der Waals surface area contributed by atoms with Crippen molar-refractivity contribution >= 4 is 15.9 Å². The predicted molar refractivity (Wildman–Crippen MR) is 47.0 cm³/mol. The van der Waals surface area contributed by atoms with E-state index in [1.165, 1.54) is 18.2 Å². The minimum atomic E-state index is -4.60. The maximum absolute atomic E-state index is 13.1. The fraction of sp³-hybridized carbons (Fsp3) is 0.111. The van der Waals surface area contributed by atoms with Gasteiger partial charge in [0.15, 0.2) is 5.82 Å². The summed E-state index contributed by atoms with van der Waals surface area (Å²) in [6.45, 7) is 0. The molecule has 0 saturated carbocycles. The lowest BCUT2D eigenvalue weighted by Gasteiger charge is -1.97. The van der Waals surface area contributed by atoms with Crippen molar-refractivity contribution in [3.05, 3.63) is 34.1 Å². The van der Waals surface area contributed by atoms with Crippen molar-refractivity contribution in [3.8, 4) is 11.8 Å². The molecular weight excluding hydrogens is 264 g/mol. The van der Waals surface area contributed by atoms with Crippen LogP contribution in [0.5, 0.6) is 0 Å². The molecule has 0 aromatic heterocycles. The Labute approximate surface area is 86.1 Å². The monoisotopic (exact) mass is 266 g/mol. The molecule has 1 rings (SSSR count). The van der Waals surface area contributed by atoms with Crippen molar-refractivity contribution in [1.82, 2.24) is 0 Å². The van der Waals surface area contributed by atoms with E-state index in [9.17, 15) is 17.6 Å². The molecule has 74 valence electrons. The Bertz CT molecular complexity index is 397. The van der Waals surface area contributed by atoms with Crippen molar-refractivity contribution < 1.29 is 17.6 Å². The number of halogens is 5. The Hall–Kier alpha value is -1.02. The summed E-state index contributed by atoms with van der Waals surface area (Å²) in [5.74, 6) is 1.92. The first-order valence-corrected chi connectivity index (χ1v) is 4.23. The number of hydrogen-bond acceptors (Lipinski definition) is 0. The van der Waals surface area contributed by atoms with Gasteiger partial charge in [0.05, 0.1) is 10.0 Å². The van der Waals surface area contributed by atoms with Gasteiger partial charge in [-0.25, -0.2) is 4.39 Å². The van der Waals surface area contributed by atoms with Gasteiger partial charge in [-0.05, 0) is 28.1 Å². The van der Waals surface area contributed by atoms with Gasteiger partial charge in [0.1, 0.15) is 0 Å². The molecule has 0 saturated heterocycles. The van der Waals surface area contributed by atoms with Crippen LogP contribution in [-0.4, -0.2) is 6.18 Å². The van der Waals surface area contributed by atoms with Crippen LogP contribution >= 0.6 is 15.9 Å². The van der Waals surface area contributed by atoms with E-state index in [2.05, 4.69) is 15.9 Å². The molecule has 0 spiro atoms.